The average Bonchev–Trinajstić information content (AvgIpc) is 2.35. The molecule has 2 aromatic carbocycles. The van der Waals surface area contributed by atoms with E-state index in [1.54, 1.807) is 37.4 Å². The van der Waals surface area contributed by atoms with Crippen LogP contribution in [-0.4, -0.2) is 7.05 Å². The van der Waals surface area contributed by atoms with Crippen molar-refractivity contribution in [2.45, 2.75) is 6.04 Å². The Morgan fingerprint density at radius 1 is 1.21 bits per heavy atom. The molecule has 0 saturated heterocycles. The third kappa shape index (κ3) is 3.11. The second-order valence-electron chi connectivity index (χ2n) is 4.02. The fraction of sp³-hybridized carbons (Fsp3) is 0.143. The Balaban J connectivity index is 2.56. The molecule has 0 spiro atoms. The summed E-state index contributed by atoms with van der Waals surface area (Å²) in [6, 6.07) is 9.71. The predicted octanol–water partition coefficient (Wildman–Crippen LogP) is 5.20. The van der Waals surface area contributed by atoms with Crippen molar-refractivity contribution in [1.29, 1.82) is 0 Å². The van der Waals surface area contributed by atoms with E-state index in [1.165, 1.54) is 6.07 Å². The molecular formula is C14H11BrCl2FN. The molecule has 0 aliphatic heterocycles. The van der Waals surface area contributed by atoms with Gasteiger partial charge in [-0.2, -0.15) is 0 Å². The SMILES string of the molecule is CNC(c1ccc(Cl)cc1Cl)c1c(F)cccc1Br. The van der Waals surface area contributed by atoms with Gasteiger partial charge in [0.15, 0.2) is 0 Å². The number of benzene rings is 2. The lowest BCUT2D eigenvalue weighted by atomic mass is 9.98. The van der Waals surface area contributed by atoms with Crippen LogP contribution in [0.25, 0.3) is 0 Å². The van der Waals surface area contributed by atoms with Gasteiger partial charge in [-0.15, -0.1) is 0 Å². The minimum Gasteiger partial charge on any atom is -0.309 e. The van der Waals surface area contributed by atoms with E-state index in [0.717, 1.165) is 5.56 Å². The van der Waals surface area contributed by atoms with Gasteiger partial charge in [0.2, 0.25) is 0 Å². The second kappa shape index (κ2) is 6.23. The second-order valence-corrected chi connectivity index (χ2v) is 5.72. The topological polar surface area (TPSA) is 12.0 Å². The maximum atomic E-state index is 14.0. The van der Waals surface area contributed by atoms with Crippen LogP contribution in [0.4, 0.5) is 4.39 Å². The molecule has 0 bridgehead atoms. The first-order valence-electron chi connectivity index (χ1n) is 5.60. The lowest BCUT2D eigenvalue weighted by molar-refractivity contribution is 0.574. The van der Waals surface area contributed by atoms with Crippen molar-refractivity contribution in [2.75, 3.05) is 7.05 Å². The van der Waals surface area contributed by atoms with E-state index in [9.17, 15) is 4.39 Å². The Bertz CT molecular complexity index is 584. The predicted molar refractivity (Wildman–Crippen MR) is 81.5 cm³/mol. The summed E-state index contributed by atoms with van der Waals surface area (Å²) in [4.78, 5) is 0. The van der Waals surface area contributed by atoms with Crippen LogP contribution in [0.1, 0.15) is 17.2 Å². The van der Waals surface area contributed by atoms with Gasteiger partial charge >= 0.3 is 0 Å². The fourth-order valence-corrected chi connectivity index (χ4v) is 3.07. The molecule has 0 aromatic heterocycles. The minimum atomic E-state index is -0.347. The summed E-state index contributed by atoms with van der Waals surface area (Å²) in [5.74, 6) is -0.292. The number of halogens is 4. The van der Waals surface area contributed by atoms with Gasteiger partial charge < -0.3 is 5.32 Å². The smallest absolute Gasteiger partial charge is 0.129 e. The highest BCUT2D eigenvalue weighted by atomic mass is 79.9. The first kappa shape index (κ1) is 14.8. The van der Waals surface area contributed by atoms with Crippen molar-refractivity contribution in [2.24, 2.45) is 0 Å². The summed E-state index contributed by atoms with van der Waals surface area (Å²) in [6.07, 6.45) is 0. The van der Waals surface area contributed by atoms with Crippen molar-refractivity contribution in [1.82, 2.24) is 5.32 Å². The first-order valence-corrected chi connectivity index (χ1v) is 7.15. The zero-order valence-electron chi connectivity index (χ0n) is 10.1. The Kier molecular flexibility index (Phi) is 4.85. The highest BCUT2D eigenvalue weighted by Gasteiger charge is 2.21. The van der Waals surface area contributed by atoms with E-state index in [1.807, 2.05) is 0 Å². The van der Waals surface area contributed by atoms with Crippen molar-refractivity contribution in [3.63, 3.8) is 0 Å². The molecule has 0 radical (unpaired) electrons. The average molecular weight is 363 g/mol. The zero-order chi connectivity index (χ0) is 14.0. The number of hydrogen-bond donors (Lipinski definition) is 1. The minimum absolute atomic E-state index is 0.292. The molecule has 1 nitrogen and oxygen atoms in total. The van der Waals surface area contributed by atoms with Gasteiger partial charge in [-0.3, -0.25) is 0 Å². The van der Waals surface area contributed by atoms with Crippen LogP contribution in [0.5, 0.6) is 0 Å². The van der Waals surface area contributed by atoms with E-state index in [-0.39, 0.29) is 11.9 Å². The molecule has 0 heterocycles. The van der Waals surface area contributed by atoms with Crippen molar-refractivity contribution in [3.8, 4) is 0 Å². The molecule has 0 saturated carbocycles. The van der Waals surface area contributed by atoms with E-state index in [4.69, 9.17) is 23.2 Å². The molecular weight excluding hydrogens is 352 g/mol. The molecule has 2 aromatic rings. The molecule has 1 N–H and O–H groups in total. The Morgan fingerprint density at radius 2 is 1.95 bits per heavy atom. The van der Waals surface area contributed by atoms with Gasteiger partial charge in [0, 0.05) is 20.1 Å². The Morgan fingerprint density at radius 3 is 2.53 bits per heavy atom. The molecule has 5 heteroatoms. The molecule has 100 valence electrons. The molecule has 2 rings (SSSR count). The number of hydrogen-bond acceptors (Lipinski definition) is 1. The summed E-state index contributed by atoms with van der Waals surface area (Å²) in [6.45, 7) is 0. The van der Waals surface area contributed by atoms with Crippen LogP contribution in [-0.2, 0) is 0 Å². The molecule has 0 aliphatic carbocycles. The maximum absolute atomic E-state index is 14.0. The lowest BCUT2D eigenvalue weighted by Crippen LogP contribution is -2.20. The van der Waals surface area contributed by atoms with Gasteiger partial charge in [-0.1, -0.05) is 51.3 Å². The van der Waals surface area contributed by atoms with E-state index >= 15 is 0 Å². The molecule has 1 atom stereocenters. The number of rotatable bonds is 3. The van der Waals surface area contributed by atoms with Gasteiger partial charge in [-0.25, -0.2) is 4.39 Å². The highest BCUT2D eigenvalue weighted by molar-refractivity contribution is 9.10. The monoisotopic (exact) mass is 361 g/mol. The van der Waals surface area contributed by atoms with Crippen molar-refractivity contribution >= 4 is 39.1 Å². The summed E-state index contributed by atoms with van der Waals surface area (Å²) < 4.78 is 14.7. The molecule has 19 heavy (non-hydrogen) atoms. The van der Waals surface area contributed by atoms with Crippen molar-refractivity contribution < 1.29 is 4.39 Å². The van der Waals surface area contributed by atoms with Gasteiger partial charge in [0.1, 0.15) is 5.82 Å². The summed E-state index contributed by atoms with van der Waals surface area (Å²) >= 11 is 15.5. The van der Waals surface area contributed by atoms with Crippen LogP contribution in [0, 0.1) is 5.82 Å². The van der Waals surface area contributed by atoms with Crippen molar-refractivity contribution in [3.05, 3.63) is 67.9 Å². The quantitative estimate of drug-likeness (QED) is 0.790. The molecule has 0 fully saturated rings. The zero-order valence-corrected chi connectivity index (χ0v) is 13.2. The van der Waals surface area contributed by atoms with Crippen LogP contribution in [0.3, 0.4) is 0 Å². The summed E-state index contributed by atoms with van der Waals surface area (Å²) in [5, 5.41) is 4.13. The third-order valence-electron chi connectivity index (χ3n) is 2.85. The van der Waals surface area contributed by atoms with Gasteiger partial charge in [0.05, 0.1) is 6.04 Å². The van der Waals surface area contributed by atoms with Crippen LogP contribution >= 0.6 is 39.1 Å². The molecule has 0 amide bonds. The van der Waals surface area contributed by atoms with Crippen LogP contribution < -0.4 is 5.32 Å². The lowest BCUT2D eigenvalue weighted by Gasteiger charge is -2.20. The van der Waals surface area contributed by atoms with Gasteiger partial charge in [-0.05, 0) is 36.9 Å². The molecule has 1 unspecified atom stereocenters. The summed E-state index contributed by atoms with van der Waals surface area (Å²) in [7, 11) is 1.76. The fourth-order valence-electron chi connectivity index (χ4n) is 1.98. The normalized spacial score (nSPS) is 12.5. The van der Waals surface area contributed by atoms with E-state index < -0.39 is 0 Å². The third-order valence-corrected chi connectivity index (χ3v) is 4.10. The van der Waals surface area contributed by atoms with E-state index in [0.29, 0.717) is 20.1 Å². The van der Waals surface area contributed by atoms with Crippen LogP contribution in [0.2, 0.25) is 10.0 Å². The van der Waals surface area contributed by atoms with Gasteiger partial charge in [0.25, 0.3) is 0 Å². The number of nitrogens with one attached hydrogen (secondary N) is 1. The Hall–Kier alpha value is -0.610. The highest BCUT2D eigenvalue weighted by Crippen LogP contribution is 2.34. The first-order chi connectivity index (χ1) is 9.04. The summed E-state index contributed by atoms with van der Waals surface area (Å²) in [5.41, 5.74) is 1.30. The largest absolute Gasteiger partial charge is 0.309 e. The maximum Gasteiger partial charge on any atom is 0.129 e. The Labute approximate surface area is 129 Å². The molecule has 0 aliphatic rings. The standard InChI is InChI=1S/C14H11BrCl2FN/c1-19-14(9-6-5-8(16)7-11(9)17)13-10(15)3-2-4-12(13)18/h2-7,14,19H,1H3. The van der Waals surface area contributed by atoms with Crippen LogP contribution in [0.15, 0.2) is 40.9 Å². The van der Waals surface area contributed by atoms with E-state index in [2.05, 4.69) is 21.2 Å².